The zero-order valence-electron chi connectivity index (χ0n) is 17.6. The second-order valence-electron chi connectivity index (χ2n) is 7.14. The third kappa shape index (κ3) is 4.17. The molecule has 1 aliphatic rings. The van der Waals surface area contributed by atoms with E-state index < -0.39 is 17.7 Å². The highest BCUT2D eigenvalue weighted by Crippen LogP contribution is 2.40. The Hall–Kier alpha value is -3.28. The number of hydrogen-bond acceptors (Lipinski definition) is 5. The lowest BCUT2D eigenvalue weighted by atomic mass is 9.95. The van der Waals surface area contributed by atoms with Gasteiger partial charge in [0.2, 0.25) is 0 Å². The summed E-state index contributed by atoms with van der Waals surface area (Å²) in [6, 6.07) is 13.4. The second kappa shape index (κ2) is 9.48. The highest BCUT2D eigenvalue weighted by Gasteiger charge is 2.45. The van der Waals surface area contributed by atoms with Crippen LogP contribution in [0.15, 0.2) is 54.1 Å². The number of amides is 1. The summed E-state index contributed by atoms with van der Waals surface area (Å²) in [7, 11) is 1.55. The van der Waals surface area contributed by atoms with Gasteiger partial charge in [0.25, 0.3) is 11.7 Å². The average Bonchev–Trinajstić information content (AvgIpc) is 3.03. The van der Waals surface area contributed by atoms with Crippen molar-refractivity contribution < 1.29 is 24.2 Å². The zero-order valence-corrected chi connectivity index (χ0v) is 17.6. The fourth-order valence-corrected chi connectivity index (χ4v) is 3.57. The van der Waals surface area contributed by atoms with E-state index in [1.807, 2.05) is 38.1 Å². The molecule has 0 bridgehead atoms. The fraction of sp³-hybridized carbons (Fsp3) is 0.333. The van der Waals surface area contributed by atoms with Gasteiger partial charge in [0.05, 0.1) is 25.3 Å². The molecule has 0 aliphatic carbocycles. The number of ketones is 1. The van der Waals surface area contributed by atoms with Crippen molar-refractivity contribution in [1.82, 2.24) is 4.90 Å². The normalized spacial score (nSPS) is 18.0. The minimum atomic E-state index is -0.673. The lowest BCUT2D eigenvalue weighted by Crippen LogP contribution is -2.30. The highest BCUT2D eigenvalue weighted by atomic mass is 16.5. The maximum Gasteiger partial charge on any atom is 0.295 e. The number of ether oxygens (including phenoxy) is 2. The zero-order chi connectivity index (χ0) is 21.7. The van der Waals surface area contributed by atoms with E-state index in [9.17, 15) is 14.7 Å². The lowest BCUT2D eigenvalue weighted by molar-refractivity contribution is -0.139. The number of rotatable bonds is 8. The lowest BCUT2D eigenvalue weighted by Gasteiger charge is -2.25. The van der Waals surface area contributed by atoms with Crippen molar-refractivity contribution in [3.63, 3.8) is 0 Å². The molecule has 3 rings (SSSR count). The first kappa shape index (κ1) is 21.4. The van der Waals surface area contributed by atoms with Gasteiger partial charge in [-0.1, -0.05) is 26.0 Å². The van der Waals surface area contributed by atoms with Crippen molar-refractivity contribution in [2.45, 2.75) is 32.7 Å². The van der Waals surface area contributed by atoms with Gasteiger partial charge in [0.15, 0.2) is 0 Å². The largest absolute Gasteiger partial charge is 0.507 e. The van der Waals surface area contributed by atoms with E-state index in [4.69, 9.17) is 9.47 Å². The van der Waals surface area contributed by atoms with Crippen molar-refractivity contribution in [3.05, 3.63) is 65.2 Å². The first-order valence-electron chi connectivity index (χ1n) is 10.2. The van der Waals surface area contributed by atoms with E-state index in [2.05, 4.69) is 0 Å². The number of carbonyl (C=O) groups is 2. The molecule has 158 valence electrons. The molecule has 1 aliphatic heterocycles. The minimum absolute atomic E-state index is 0.0980. The fourth-order valence-electron chi connectivity index (χ4n) is 3.57. The summed E-state index contributed by atoms with van der Waals surface area (Å²) in [6.45, 7) is 5.02. The molecule has 0 radical (unpaired) electrons. The van der Waals surface area contributed by atoms with Crippen LogP contribution in [0.2, 0.25) is 0 Å². The van der Waals surface area contributed by atoms with E-state index in [0.717, 1.165) is 17.7 Å². The Morgan fingerprint density at radius 2 is 1.60 bits per heavy atom. The number of aliphatic hydroxyl groups is 1. The summed E-state index contributed by atoms with van der Waals surface area (Å²) in [4.78, 5) is 27.1. The van der Waals surface area contributed by atoms with E-state index in [-0.39, 0.29) is 11.3 Å². The Bertz CT molecular complexity index is 931. The Kier molecular flexibility index (Phi) is 6.77. The number of nitrogens with zero attached hydrogens (tertiary/aromatic N) is 1. The topological polar surface area (TPSA) is 76.1 Å². The molecule has 1 atom stereocenters. The van der Waals surface area contributed by atoms with Crippen LogP contribution in [-0.4, -0.2) is 42.0 Å². The van der Waals surface area contributed by atoms with Crippen LogP contribution >= 0.6 is 0 Å². The van der Waals surface area contributed by atoms with E-state index in [1.165, 1.54) is 4.90 Å². The van der Waals surface area contributed by atoms with Crippen molar-refractivity contribution in [2.24, 2.45) is 0 Å². The van der Waals surface area contributed by atoms with Crippen LogP contribution in [-0.2, 0) is 9.59 Å². The molecule has 30 heavy (non-hydrogen) atoms. The molecule has 6 nitrogen and oxygen atoms in total. The first-order chi connectivity index (χ1) is 14.5. The number of methoxy groups -OCH3 is 1. The molecule has 2 aromatic rings. The van der Waals surface area contributed by atoms with Gasteiger partial charge in [-0.15, -0.1) is 0 Å². The standard InChI is InChI=1S/C24H27NO5/c1-4-14-25-21(16-6-12-19(13-7-16)30-15-5-2)20(23(27)24(25)28)22(26)17-8-10-18(29-3)11-9-17/h6-13,21,26H,4-5,14-15H2,1-3H3/b22-20-. The molecule has 6 heteroatoms. The molecule has 0 aromatic heterocycles. The summed E-state index contributed by atoms with van der Waals surface area (Å²) >= 11 is 0. The van der Waals surface area contributed by atoms with Crippen LogP contribution < -0.4 is 9.47 Å². The number of carbonyl (C=O) groups excluding carboxylic acids is 2. The highest BCUT2D eigenvalue weighted by molar-refractivity contribution is 6.46. The average molecular weight is 409 g/mol. The quantitative estimate of drug-likeness (QED) is 0.399. The molecule has 1 amide bonds. The Morgan fingerprint density at radius 1 is 0.967 bits per heavy atom. The van der Waals surface area contributed by atoms with Gasteiger partial charge in [-0.3, -0.25) is 9.59 Å². The van der Waals surface area contributed by atoms with Gasteiger partial charge < -0.3 is 19.5 Å². The number of aliphatic hydroxyl groups excluding tert-OH is 1. The number of Topliss-reactive ketones (excluding diaryl/α,β-unsaturated/α-hetero) is 1. The summed E-state index contributed by atoms with van der Waals surface area (Å²) in [5.74, 6) is -0.0948. The van der Waals surface area contributed by atoms with Crippen LogP contribution in [0.25, 0.3) is 5.76 Å². The summed E-state index contributed by atoms with van der Waals surface area (Å²) < 4.78 is 10.8. The third-order valence-electron chi connectivity index (χ3n) is 5.04. The Morgan fingerprint density at radius 3 is 2.17 bits per heavy atom. The molecule has 1 N–H and O–H groups in total. The SMILES string of the molecule is CCCOc1ccc(C2/C(=C(/O)c3ccc(OC)cc3)C(=O)C(=O)N2CCC)cc1. The smallest absolute Gasteiger partial charge is 0.295 e. The number of likely N-dealkylation sites (tertiary alicyclic amines) is 1. The van der Waals surface area contributed by atoms with Gasteiger partial charge in [-0.25, -0.2) is 0 Å². The van der Waals surface area contributed by atoms with E-state index in [1.54, 1.807) is 31.4 Å². The monoisotopic (exact) mass is 409 g/mol. The Labute approximate surface area is 176 Å². The van der Waals surface area contributed by atoms with Crippen LogP contribution in [0.1, 0.15) is 43.9 Å². The van der Waals surface area contributed by atoms with Gasteiger partial charge in [0.1, 0.15) is 17.3 Å². The predicted molar refractivity (Wildman–Crippen MR) is 115 cm³/mol. The van der Waals surface area contributed by atoms with Gasteiger partial charge in [0, 0.05) is 12.1 Å². The molecule has 0 spiro atoms. The van der Waals surface area contributed by atoms with Crippen molar-refractivity contribution >= 4 is 17.4 Å². The molecule has 2 aromatic carbocycles. The number of benzene rings is 2. The molecule has 1 heterocycles. The molecule has 1 unspecified atom stereocenters. The van der Waals surface area contributed by atoms with Gasteiger partial charge in [-0.2, -0.15) is 0 Å². The first-order valence-corrected chi connectivity index (χ1v) is 10.2. The van der Waals surface area contributed by atoms with Gasteiger partial charge >= 0.3 is 0 Å². The summed E-state index contributed by atoms with van der Waals surface area (Å²) in [5.41, 5.74) is 1.31. The van der Waals surface area contributed by atoms with Crippen molar-refractivity contribution in [2.75, 3.05) is 20.3 Å². The third-order valence-corrected chi connectivity index (χ3v) is 5.04. The van der Waals surface area contributed by atoms with Crippen LogP contribution in [0.5, 0.6) is 11.5 Å². The summed E-state index contributed by atoms with van der Waals surface area (Å²) in [6.07, 6.45) is 1.60. The molecule has 1 fully saturated rings. The molecule has 1 saturated heterocycles. The number of hydrogen-bond donors (Lipinski definition) is 1. The second-order valence-corrected chi connectivity index (χ2v) is 7.14. The maximum atomic E-state index is 12.9. The van der Waals surface area contributed by atoms with Crippen molar-refractivity contribution in [3.8, 4) is 11.5 Å². The van der Waals surface area contributed by atoms with Crippen molar-refractivity contribution in [1.29, 1.82) is 0 Å². The van der Waals surface area contributed by atoms with Crippen LogP contribution in [0.3, 0.4) is 0 Å². The molecular weight excluding hydrogens is 382 g/mol. The predicted octanol–water partition coefficient (Wildman–Crippen LogP) is 4.32. The van der Waals surface area contributed by atoms with Crippen LogP contribution in [0.4, 0.5) is 0 Å². The summed E-state index contributed by atoms with van der Waals surface area (Å²) in [5, 5.41) is 11.0. The van der Waals surface area contributed by atoms with Gasteiger partial charge in [-0.05, 0) is 54.8 Å². The van der Waals surface area contributed by atoms with E-state index >= 15 is 0 Å². The van der Waals surface area contributed by atoms with Crippen LogP contribution in [0, 0.1) is 0 Å². The maximum absolute atomic E-state index is 12.9. The Balaban J connectivity index is 2.06. The molecule has 0 saturated carbocycles. The molecular formula is C24H27NO5. The van der Waals surface area contributed by atoms with E-state index in [0.29, 0.717) is 30.9 Å². The minimum Gasteiger partial charge on any atom is -0.507 e.